The SMILES string of the molecule is Cc1ccc(C[C@@H](CNC(=O)CC[C@@H]2CCCO2)C(=O)O)cc1. The summed E-state index contributed by atoms with van der Waals surface area (Å²) in [5.41, 5.74) is 2.11. The zero-order valence-corrected chi connectivity index (χ0v) is 13.6. The fourth-order valence-corrected chi connectivity index (χ4v) is 2.74. The van der Waals surface area contributed by atoms with E-state index in [9.17, 15) is 14.7 Å². The molecule has 1 amide bonds. The predicted molar refractivity (Wildman–Crippen MR) is 87.2 cm³/mol. The van der Waals surface area contributed by atoms with E-state index < -0.39 is 11.9 Å². The van der Waals surface area contributed by atoms with E-state index >= 15 is 0 Å². The first-order valence-corrected chi connectivity index (χ1v) is 8.21. The van der Waals surface area contributed by atoms with Gasteiger partial charge in [-0.05, 0) is 38.2 Å². The fraction of sp³-hybridized carbons (Fsp3) is 0.556. The Morgan fingerprint density at radius 1 is 1.35 bits per heavy atom. The second kappa shape index (κ2) is 8.67. The van der Waals surface area contributed by atoms with Crippen LogP contribution < -0.4 is 5.32 Å². The quantitative estimate of drug-likeness (QED) is 0.771. The van der Waals surface area contributed by atoms with Crippen molar-refractivity contribution in [2.75, 3.05) is 13.2 Å². The molecule has 1 fully saturated rings. The molecule has 23 heavy (non-hydrogen) atoms. The van der Waals surface area contributed by atoms with Crippen molar-refractivity contribution in [2.24, 2.45) is 5.92 Å². The lowest BCUT2D eigenvalue weighted by atomic mass is 9.98. The number of carbonyl (C=O) groups is 2. The summed E-state index contributed by atoms with van der Waals surface area (Å²) in [4.78, 5) is 23.2. The summed E-state index contributed by atoms with van der Waals surface area (Å²) in [6, 6.07) is 7.80. The van der Waals surface area contributed by atoms with Gasteiger partial charge in [0.05, 0.1) is 12.0 Å². The molecule has 126 valence electrons. The molecule has 0 saturated carbocycles. The van der Waals surface area contributed by atoms with Gasteiger partial charge in [-0.15, -0.1) is 0 Å². The molecule has 1 heterocycles. The summed E-state index contributed by atoms with van der Waals surface area (Å²) in [6.45, 7) is 2.93. The molecule has 0 spiro atoms. The summed E-state index contributed by atoms with van der Waals surface area (Å²) in [7, 11) is 0. The van der Waals surface area contributed by atoms with Crippen LogP contribution in [0.5, 0.6) is 0 Å². The molecule has 0 unspecified atom stereocenters. The third-order valence-electron chi connectivity index (χ3n) is 4.21. The first-order valence-electron chi connectivity index (χ1n) is 8.21. The Balaban J connectivity index is 1.76. The molecule has 5 nitrogen and oxygen atoms in total. The van der Waals surface area contributed by atoms with Crippen molar-refractivity contribution in [2.45, 2.75) is 45.1 Å². The molecule has 2 N–H and O–H groups in total. The highest BCUT2D eigenvalue weighted by Crippen LogP contribution is 2.16. The topological polar surface area (TPSA) is 75.6 Å². The zero-order chi connectivity index (χ0) is 16.7. The number of carbonyl (C=O) groups excluding carboxylic acids is 1. The van der Waals surface area contributed by atoms with E-state index in [-0.39, 0.29) is 18.6 Å². The highest BCUT2D eigenvalue weighted by molar-refractivity contribution is 5.77. The highest BCUT2D eigenvalue weighted by Gasteiger charge is 2.20. The van der Waals surface area contributed by atoms with Gasteiger partial charge in [-0.3, -0.25) is 9.59 Å². The van der Waals surface area contributed by atoms with Crippen LogP contribution >= 0.6 is 0 Å². The molecular weight excluding hydrogens is 294 g/mol. The lowest BCUT2D eigenvalue weighted by molar-refractivity contribution is -0.141. The van der Waals surface area contributed by atoms with Gasteiger partial charge in [-0.25, -0.2) is 0 Å². The molecule has 1 aromatic carbocycles. The molecule has 0 aliphatic carbocycles. The Labute approximate surface area is 137 Å². The van der Waals surface area contributed by atoms with Gasteiger partial charge in [0, 0.05) is 19.6 Å². The molecule has 0 aromatic heterocycles. The molecule has 0 bridgehead atoms. The number of amides is 1. The second-order valence-electron chi connectivity index (χ2n) is 6.20. The number of carboxylic acids is 1. The largest absolute Gasteiger partial charge is 0.481 e. The van der Waals surface area contributed by atoms with Crippen molar-refractivity contribution in [3.63, 3.8) is 0 Å². The summed E-state index contributed by atoms with van der Waals surface area (Å²) in [5.74, 6) is -1.59. The van der Waals surface area contributed by atoms with Gasteiger partial charge in [0.25, 0.3) is 0 Å². The number of benzene rings is 1. The van der Waals surface area contributed by atoms with Crippen molar-refractivity contribution >= 4 is 11.9 Å². The maximum atomic E-state index is 11.9. The minimum Gasteiger partial charge on any atom is -0.481 e. The molecule has 1 aliphatic heterocycles. The number of rotatable bonds is 8. The van der Waals surface area contributed by atoms with Crippen molar-refractivity contribution in [1.82, 2.24) is 5.32 Å². The van der Waals surface area contributed by atoms with Gasteiger partial charge >= 0.3 is 5.97 Å². The van der Waals surface area contributed by atoms with Crippen molar-refractivity contribution in [3.8, 4) is 0 Å². The van der Waals surface area contributed by atoms with Gasteiger partial charge in [-0.1, -0.05) is 29.8 Å². The fourth-order valence-electron chi connectivity index (χ4n) is 2.74. The van der Waals surface area contributed by atoms with Gasteiger partial charge < -0.3 is 15.2 Å². The standard InChI is InChI=1S/C18H25NO4/c1-13-4-6-14(7-5-13)11-15(18(21)22)12-19-17(20)9-8-16-3-2-10-23-16/h4-7,15-16H,2-3,8-12H2,1H3,(H,19,20)(H,21,22)/t15-,16-/m0/s1. The van der Waals surface area contributed by atoms with Crippen molar-refractivity contribution in [1.29, 1.82) is 0 Å². The van der Waals surface area contributed by atoms with Gasteiger partial charge in [0.1, 0.15) is 0 Å². The van der Waals surface area contributed by atoms with Crippen LogP contribution in [-0.2, 0) is 20.7 Å². The van der Waals surface area contributed by atoms with Crippen molar-refractivity contribution < 1.29 is 19.4 Å². The molecular formula is C18H25NO4. The Bertz CT molecular complexity index is 520. The molecule has 1 saturated heterocycles. The lowest BCUT2D eigenvalue weighted by Gasteiger charge is -2.14. The maximum Gasteiger partial charge on any atom is 0.308 e. The van der Waals surface area contributed by atoms with Crippen molar-refractivity contribution in [3.05, 3.63) is 35.4 Å². The number of ether oxygens (including phenoxy) is 1. The van der Waals surface area contributed by atoms with E-state index in [1.807, 2.05) is 31.2 Å². The van der Waals surface area contributed by atoms with E-state index in [2.05, 4.69) is 5.32 Å². The highest BCUT2D eigenvalue weighted by atomic mass is 16.5. The molecule has 5 heteroatoms. The molecule has 2 rings (SSSR count). The summed E-state index contributed by atoms with van der Waals surface area (Å²) >= 11 is 0. The number of nitrogens with one attached hydrogen (secondary N) is 1. The summed E-state index contributed by atoms with van der Waals surface area (Å²) < 4.78 is 5.48. The van der Waals surface area contributed by atoms with Crippen LogP contribution in [0.25, 0.3) is 0 Å². The van der Waals surface area contributed by atoms with Crippen LogP contribution in [0.1, 0.15) is 36.8 Å². The normalized spacial score (nSPS) is 18.6. The van der Waals surface area contributed by atoms with Gasteiger partial charge in [0.15, 0.2) is 0 Å². The Morgan fingerprint density at radius 3 is 2.70 bits per heavy atom. The lowest BCUT2D eigenvalue weighted by Crippen LogP contribution is -2.34. The van der Waals surface area contributed by atoms with E-state index in [4.69, 9.17) is 4.74 Å². The van der Waals surface area contributed by atoms with E-state index in [0.29, 0.717) is 19.3 Å². The number of carboxylic acid groups (broad SMARTS) is 1. The van der Waals surface area contributed by atoms with Gasteiger partial charge in [0.2, 0.25) is 5.91 Å². The van der Waals surface area contributed by atoms with E-state index in [0.717, 1.165) is 30.6 Å². The van der Waals surface area contributed by atoms with Crippen LogP contribution in [0.15, 0.2) is 24.3 Å². The smallest absolute Gasteiger partial charge is 0.308 e. The van der Waals surface area contributed by atoms with Crippen LogP contribution in [0.2, 0.25) is 0 Å². The number of hydrogen-bond donors (Lipinski definition) is 2. The van der Waals surface area contributed by atoms with Crippen LogP contribution in [-0.4, -0.2) is 36.2 Å². The number of aliphatic carboxylic acids is 1. The summed E-state index contributed by atoms with van der Waals surface area (Å²) in [6.07, 6.45) is 3.77. The number of aryl methyl sites for hydroxylation is 1. The van der Waals surface area contributed by atoms with Crippen LogP contribution in [0.3, 0.4) is 0 Å². The van der Waals surface area contributed by atoms with Gasteiger partial charge in [-0.2, -0.15) is 0 Å². The molecule has 1 aliphatic rings. The first kappa shape index (κ1) is 17.5. The molecule has 2 atom stereocenters. The van der Waals surface area contributed by atoms with E-state index in [1.165, 1.54) is 0 Å². The Morgan fingerprint density at radius 2 is 2.09 bits per heavy atom. The molecule has 1 aromatic rings. The minimum absolute atomic E-state index is 0.101. The summed E-state index contributed by atoms with van der Waals surface area (Å²) in [5, 5.41) is 12.1. The third-order valence-corrected chi connectivity index (χ3v) is 4.21. The maximum absolute atomic E-state index is 11.9. The Hall–Kier alpha value is -1.88. The monoisotopic (exact) mass is 319 g/mol. The average molecular weight is 319 g/mol. The van der Waals surface area contributed by atoms with E-state index in [1.54, 1.807) is 0 Å². The van der Waals surface area contributed by atoms with Crippen LogP contribution in [0, 0.1) is 12.8 Å². The molecule has 0 radical (unpaired) electrons. The second-order valence-corrected chi connectivity index (χ2v) is 6.20. The predicted octanol–water partition coefficient (Wildman–Crippen LogP) is 2.31. The average Bonchev–Trinajstić information content (AvgIpc) is 3.04. The van der Waals surface area contributed by atoms with Crippen LogP contribution in [0.4, 0.5) is 0 Å². The Kier molecular flexibility index (Phi) is 6.59. The zero-order valence-electron chi connectivity index (χ0n) is 13.6. The first-order chi connectivity index (χ1) is 11.0. The minimum atomic E-state index is -0.884. The third kappa shape index (κ3) is 6.02. The number of hydrogen-bond acceptors (Lipinski definition) is 3.